The number of hydrogen-bond acceptors (Lipinski definition) is 2. The fourth-order valence-corrected chi connectivity index (χ4v) is 2.74. The highest BCUT2D eigenvalue weighted by molar-refractivity contribution is 9.11. The standard InChI is InChI=1S/C10H5Br2ClN2O/c11-9-6(5-16)10(12)15(14-9)8-4-2-1-3-7(8)13/h1-5H. The summed E-state index contributed by atoms with van der Waals surface area (Å²) in [6.45, 7) is 0. The molecule has 1 aromatic carbocycles. The van der Waals surface area contributed by atoms with Crippen molar-refractivity contribution >= 4 is 49.7 Å². The summed E-state index contributed by atoms with van der Waals surface area (Å²) in [7, 11) is 0. The molecule has 1 heterocycles. The van der Waals surface area contributed by atoms with Crippen LogP contribution in [0.15, 0.2) is 33.5 Å². The molecule has 0 unspecified atom stereocenters. The van der Waals surface area contributed by atoms with Gasteiger partial charge in [0.05, 0.1) is 16.3 Å². The largest absolute Gasteiger partial charge is 0.298 e. The molecule has 0 aliphatic rings. The summed E-state index contributed by atoms with van der Waals surface area (Å²) < 4.78 is 2.62. The zero-order valence-corrected chi connectivity index (χ0v) is 11.8. The van der Waals surface area contributed by atoms with E-state index in [-0.39, 0.29) is 0 Å². The Balaban J connectivity index is 2.66. The fourth-order valence-electron chi connectivity index (χ4n) is 1.27. The number of rotatable bonds is 2. The van der Waals surface area contributed by atoms with E-state index in [2.05, 4.69) is 37.0 Å². The van der Waals surface area contributed by atoms with E-state index in [1.54, 1.807) is 10.7 Å². The zero-order valence-electron chi connectivity index (χ0n) is 7.82. The predicted octanol–water partition coefficient (Wildman–Crippen LogP) is 3.86. The number of carbonyl (C=O) groups excluding carboxylic acids is 1. The van der Waals surface area contributed by atoms with Crippen molar-refractivity contribution in [1.82, 2.24) is 9.78 Å². The topological polar surface area (TPSA) is 34.9 Å². The molecule has 6 heteroatoms. The highest BCUT2D eigenvalue weighted by Crippen LogP contribution is 2.29. The van der Waals surface area contributed by atoms with Crippen molar-refractivity contribution in [2.24, 2.45) is 0 Å². The first-order valence-electron chi connectivity index (χ1n) is 4.29. The Hall–Kier alpha value is -0.650. The van der Waals surface area contributed by atoms with Crippen molar-refractivity contribution in [3.05, 3.63) is 44.1 Å². The van der Waals surface area contributed by atoms with Crippen LogP contribution in [-0.2, 0) is 0 Å². The molecule has 0 atom stereocenters. The molecule has 0 bridgehead atoms. The minimum absolute atomic E-state index is 0.458. The monoisotopic (exact) mass is 362 g/mol. The van der Waals surface area contributed by atoms with Crippen LogP contribution in [0.3, 0.4) is 0 Å². The number of hydrogen-bond donors (Lipinski definition) is 0. The Morgan fingerprint density at radius 2 is 2.00 bits per heavy atom. The molecule has 0 aliphatic heterocycles. The lowest BCUT2D eigenvalue weighted by molar-refractivity contribution is 0.112. The number of carbonyl (C=O) groups is 1. The van der Waals surface area contributed by atoms with Crippen LogP contribution >= 0.6 is 43.5 Å². The molecule has 0 radical (unpaired) electrons. The second-order valence-corrected chi connectivity index (χ2v) is 4.89. The summed E-state index contributed by atoms with van der Waals surface area (Å²) in [6, 6.07) is 7.27. The molecule has 0 amide bonds. The molecule has 82 valence electrons. The number of aromatic nitrogens is 2. The minimum Gasteiger partial charge on any atom is -0.298 e. The molecule has 0 spiro atoms. The summed E-state index contributed by atoms with van der Waals surface area (Å²) in [6.07, 6.45) is 0.731. The predicted molar refractivity (Wildman–Crippen MR) is 69.4 cm³/mol. The number of benzene rings is 1. The first-order valence-corrected chi connectivity index (χ1v) is 6.25. The van der Waals surface area contributed by atoms with Gasteiger partial charge < -0.3 is 0 Å². The van der Waals surface area contributed by atoms with Crippen LogP contribution in [0.25, 0.3) is 5.69 Å². The number of nitrogens with zero attached hydrogens (tertiary/aromatic N) is 2. The molecule has 0 fully saturated rings. The van der Waals surface area contributed by atoms with E-state index in [4.69, 9.17) is 11.6 Å². The van der Waals surface area contributed by atoms with Crippen molar-refractivity contribution < 1.29 is 4.79 Å². The molecule has 0 saturated heterocycles. The van der Waals surface area contributed by atoms with Gasteiger partial charge in [-0.25, -0.2) is 4.68 Å². The van der Waals surface area contributed by atoms with Gasteiger partial charge in [0.25, 0.3) is 0 Å². The van der Waals surface area contributed by atoms with E-state index >= 15 is 0 Å². The van der Waals surface area contributed by atoms with Gasteiger partial charge in [0.1, 0.15) is 9.21 Å². The quantitative estimate of drug-likeness (QED) is 0.759. The Morgan fingerprint density at radius 1 is 1.31 bits per heavy atom. The molecule has 0 N–H and O–H groups in total. The van der Waals surface area contributed by atoms with E-state index in [9.17, 15) is 4.79 Å². The lowest BCUT2D eigenvalue weighted by Gasteiger charge is -2.04. The second-order valence-electron chi connectivity index (χ2n) is 2.98. The van der Waals surface area contributed by atoms with Gasteiger partial charge in [0, 0.05) is 0 Å². The molecule has 2 rings (SSSR count). The lowest BCUT2D eigenvalue weighted by Crippen LogP contribution is -1.97. The highest BCUT2D eigenvalue weighted by Gasteiger charge is 2.15. The maximum atomic E-state index is 10.8. The SMILES string of the molecule is O=Cc1c(Br)nn(-c2ccccc2Cl)c1Br. The van der Waals surface area contributed by atoms with Gasteiger partial charge >= 0.3 is 0 Å². The van der Waals surface area contributed by atoms with E-state index in [1.807, 2.05) is 18.2 Å². The first-order chi connectivity index (χ1) is 7.65. The lowest BCUT2D eigenvalue weighted by atomic mass is 10.3. The van der Waals surface area contributed by atoms with Gasteiger partial charge in [-0.1, -0.05) is 23.7 Å². The van der Waals surface area contributed by atoms with Gasteiger partial charge in [-0.15, -0.1) is 0 Å². The van der Waals surface area contributed by atoms with Crippen LogP contribution in [0, 0.1) is 0 Å². The first kappa shape index (κ1) is 11.8. The Labute approximate surface area is 114 Å². The van der Waals surface area contributed by atoms with Crippen molar-refractivity contribution in [3.8, 4) is 5.69 Å². The Morgan fingerprint density at radius 3 is 2.56 bits per heavy atom. The molecule has 2 aromatic rings. The summed E-state index contributed by atoms with van der Waals surface area (Å²) >= 11 is 12.6. The van der Waals surface area contributed by atoms with Gasteiger partial charge in [0.2, 0.25) is 0 Å². The molecule has 3 nitrogen and oxygen atoms in total. The number of para-hydroxylation sites is 1. The van der Waals surface area contributed by atoms with Crippen LogP contribution in [0.2, 0.25) is 5.02 Å². The number of aldehydes is 1. The molecular formula is C10H5Br2ClN2O. The second kappa shape index (κ2) is 4.69. The zero-order chi connectivity index (χ0) is 11.7. The van der Waals surface area contributed by atoms with Crippen LogP contribution in [0.4, 0.5) is 0 Å². The molecule has 0 saturated carbocycles. The third kappa shape index (κ3) is 1.95. The summed E-state index contributed by atoms with van der Waals surface area (Å²) in [5.74, 6) is 0. The Kier molecular flexibility index (Phi) is 3.47. The Bertz CT molecular complexity index is 554. The van der Waals surface area contributed by atoms with Gasteiger partial charge in [-0.3, -0.25) is 4.79 Å². The molecule has 16 heavy (non-hydrogen) atoms. The minimum atomic E-state index is 0.458. The maximum absolute atomic E-state index is 10.8. The van der Waals surface area contributed by atoms with Gasteiger partial charge in [0.15, 0.2) is 6.29 Å². The summed E-state index contributed by atoms with van der Waals surface area (Å²) in [5.41, 5.74) is 1.17. The third-order valence-electron chi connectivity index (χ3n) is 2.02. The molecular weight excluding hydrogens is 359 g/mol. The normalized spacial score (nSPS) is 10.4. The summed E-state index contributed by atoms with van der Waals surface area (Å²) in [4.78, 5) is 10.8. The molecule has 1 aromatic heterocycles. The van der Waals surface area contributed by atoms with Crippen LogP contribution in [-0.4, -0.2) is 16.1 Å². The average Bonchev–Trinajstić information content (AvgIpc) is 2.55. The summed E-state index contributed by atoms with van der Waals surface area (Å²) in [5, 5.41) is 4.75. The number of halogens is 3. The van der Waals surface area contributed by atoms with E-state index in [0.717, 1.165) is 6.29 Å². The van der Waals surface area contributed by atoms with Gasteiger partial charge in [-0.2, -0.15) is 5.10 Å². The average molecular weight is 364 g/mol. The smallest absolute Gasteiger partial charge is 0.155 e. The van der Waals surface area contributed by atoms with Crippen molar-refractivity contribution in [1.29, 1.82) is 0 Å². The van der Waals surface area contributed by atoms with Crippen LogP contribution in [0.1, 0.15) is 10.4 Å². The van der Waals surface area contributed by atoms with E-state index < -0.39 is 0 Å². The fraction of sp³-hybridized carbons (Fsp3) is 0. The van der Waals surface area contributed by atoms with Crippen molar-refractivity contribution in [3.63, 3.8) is 0 Å². The van der Waals surface area contributed by atoms with E-state index in [0.29, 0.717) is 25.5 Å². The van der Waals surface area contributed by atoms with Crippen molar-refractivity contribution in [2.45, 2.75) is 0 Å². The van der Waals surface area contributed by atoms with Crippen LogP contribution < -0.4 is 0 Å². The van der Waals surface area contributed by atoms with Crippen molar-refractivity contribution in [2.75, 3.05) is 0 Å². The highest BCUT2D eigenvalue weighted by atomic mass is 79.9. The van der Waals surface area contributed by atoms with Crippen LogP contribution in [0.5, 0.6) is 0 Å². The van der Waals surface area contributed by atoms with E-state index in [1.165, 1.54) is 0 Å². The molecule has 0 aliphatic carbocycles. The third-order valence-corrected chi connectivity index (χ3v) is 3.69. The maximum Gasteiger partial charge on any atom is 0.155 e. The van der Waals surface area contributed by atoms with Gasteiger partial charge in [-0.05, 0) is 44.0 Å².